The van der Waals surface area contributed by atoms with E-state index in [9.17, 15) is 18.0 Å². The van der Waals surface area contributed by atoms with Crippen molar-refractivity contribution in [2.24, 2.45) is 0 Å². The lowest BCUT2D eigenvalue weighted by Crippen LogP contribution is -2.47. The highest BCUT2D eigenvalue weighted by molar-refractivity contribution is 7.99. The summed E-state index contributed by atoms with van der Waals surface area (Å²) in [5.74, 6) is 0.0653. The van der Waals surface area contributed by atoms with Gasteiger partial charge in [0, 0.05) is 23.8 Å². The molecule has 0 saturated carbocycles. The Morgan fingerprint density at radius 2 is 1.92 bits per heavy atom. The van der Waals surface area contributed by atoms with E-state index in [-0.39, 0.29) is 17.4 Å². The summed E-state index contributed by atoms with van der Waals surface area (Å²) in [4.78, 5) is 14.7. The molecule has 2 aliphatic heterocycles. The molecule has 0 spiro atoms. The molecule has 2 heterocycles. The number of piperidine rings is 1. The van der Waals surface area contributed by atoms with Crippen molar-refractivity contribution in [1.29, 1.82) is 0 Å². The molecule has 0 aliphatic carbocycles. The molecular weight excluding hydrogens is 371 g/mol. The van der Waals surface area contributed by atoms with E-state index in [0.29, 0.717) is 29.3 Å². The topological polar surface area (TPSA) is 20.3 Å². The van der Waals surface area contributed by atoms with Crippen LogP contribution in [0.1, 0.15) is 43.2 Å². The molecule has 7 heteroatoms. The standard InChI is InChI=1S/C18H21ClF3NOS/c1-25-14-9-12-4-5-13(10-14)23(12)17(24)7-3-11-2-6-16(19)15(8-11)18(20,21)22/h2,6,8,12-14H,3-5,7,9-10H2,1H3/t12-,13+,14?. The number of carbonyl (C=O) groups excluding carboxylic acids is 1. The van der Waals surface area contributed by atoms with E-state index >= 15 is 0 Å². The van der Waals surface area contributed by atoms with Gasteiger partial charge in [-0.05, 0) is 56.1 Å². The Morgan fingerprint density at radius 3 is 2.48 bits per heavy atom. The van der Waals surface area contributed by atoms with Gasteiger partial charge >= 0.3 is 6.18 Å². The lowest BCUT2D eigenvalue weighted by molar-refractivity contribution is -0.137. The van der Waals surface area contributed by atoms with Crippen molar-refractivity contribution in [3.8, 4) is 0 Å². The van der Waals surface area contributed by atoms with Crippen LogP contribution in [0, 0.1) is 0 Å². The summed E-state index contributed by atoms with van der Waals surface area (Å²) in [7, 11) is 0. The van der Waals surface area contributed by atoms with Crippen LogP contribution in [0.4, 0.5) is 13.2 Å². The van der Waals surface area contributed by atoms with E-state index in [1.807, 2.05) is 16.7 Å². The maximum atomic E-state index is 12.9. The number of rotatable bonds is 4. The van der Waals surface area contributed by atoms with Crippen LogP contribution in [0.5, 0.6) is 0 Å². The van der Waals surface area contributed by atoms with Crippen LogP contribution in [0.25, 0.3) is 0 Å². The second-order valence-electron chi connectivity index (χ2n) is 6.83. The summed E-state index contributed by atoms with van der Waals surface area (Å²) in [5.41, 5.74) is -0.337. The maximum Gasteiger partial charge on any atom is 0.417 e. The van der Waals surface area contributed by atoms with Crippen molar-refractivity contribution in [3.63, 3.8) is 0 Å². The molecule has 0 aromatic heterocycles. The SMILES string of the molecule is CSC1C[C@H]2CC[C@@H](C1)N2C(=O)CCc1ccc(Cl)c(C(F)(F)F)c1. The van der Waals surface area contributed by atoms with E-state index < -0.39 is 11.7 Å². The average molecular weight is 392 g/mol. The molecule has 2 bridgehead atoms. The molecule has 2 saturated heterocycles. The summed E-state index contributed by atoms with van der Waals surface area (Å²) in [6.45, 7) is 0. The molecule has 1 aromatic carbocycles. The maximum absolute atomic E-state index is 12.9. The number of benzene rings is 1. The second-order valence-corrected chi connectivity index (χ2v) is 8.37. The zero-order valence-corrected chi connectivity index (χ0v) is 15.6. The summed E-state index contributed by atoms with van der Waals surface area (Å²) >= 11 is 7.51. The summed E-state index contributed by atoms with van der Waals surface area (Å²) < 4.78 is 38.8. The van der Waals surface area contributed by atoms with Gasteiger partial charge in [0.25, 0.3) is 0 Å². The number of thioether (sulfide) groups is 1. The molecule has 3 rings (SSSR count). The van der Waals surface area contributed by atoms with Gasteiger partial charge in [-0.3, -0.25) is 4.79 Å². The minimum Gasteiger partial charge on any atom is -0.337 e. The Morgan fingerprint density at radius 1 is 1.28 bits per heavy atom. The van der Waals surface area contributed by atoms with Gasteiger partial charge in [0.1, 0.15) is 0 Å². The van der Waals surface area contributed by atoms with Crippen molar-refractivity contribution in [2.75, 3.05) is 6.26 Å². The van der Waals surface area contributed by atoms with Crippen molar-refractivity contribution >= 4 is 29.3 Å². The molecule has 2 aliphatic rings. The third-order valence-electron chi connectivity index (χ3n) is 5.27. The minimum atomic E-state index is -4.48. The number of amides is 1. The highest BCUT2D eigenvalue weighted by Gasteiger charge is 2.42. The second kappa shape index (κ2) is 7.39. The minimum absolute atomic E-state index is 0.0653. The fraction of sp³-hybridized carbons (Fsp3) is 0.611. The first-order valence-corrected chi connectivity index (χ1v) is 10.2. The molecule has 25 heavy (non-hydrogen) atoms. The number of nitrogens with zero attached hydrogens (tertiary/aromatic N) is 1. The van der Waals surface area contributed by atoms with Gasteiger partial charge in [0.05, 0.1) is 10.6 Å². The van der Waals surface area contributed by atoms with Crippen LogP contribution in [0.15, 0.2) is 18.2 Å². The molecule has 138 valence electrons. The lowest BCUT2D eigenvalue weighted by atomic mass is 10.0. The van der Waals surface area contributed by atoms with Crippen LogP contribution in [-0.4, -0.2) is 34.4 Å². The first-order valence-electron chi connectivity index (χ1n) is 8.49. The molecule has 3 atom stereocenters. The van der Waals surface area contributed by atoms with E-state index in [2.05, 4.69) is 6.26 Å². The van der Waals surface area contributed by atoms with Gasteiger partial charge in [-0.25, -0.2) is 0 Å². The van der Waals surface area contributed by atoms with Gasteiger partial charge in [0.15, 0.2) is 0 Å². The molecule has 0 N–H and O–H groups in total. The van der Waals surface area contributed by atoms with Crippen molar-refractivity contribution in [2.45, 2.75) is 62.0 Å². The van der Waals surface area contributed by atoms with Gasteiger partial charge in [-0.2, -0.15) is 24.9 Å². The number of fused-ring (bicyclic) bond motifs is 2. The Bertz CT molecular complexity index is 638. The van der Waals surface area contributed by atoms with Gasteiger partial charge in [-0.15, -0.1) is 0 Å². The van der Waals surface area contributed by atoms with Crippen LogP contribution in [-0.2, 0) is 17.4 Å². The molecule has 2 nitrogen and oxygen atoms in total. The third-order valence-corrected chi connectivity index (χ3v) is 6.66. The monoisotopic (exact) mass is 391 g/mol. The van der Waals surface area contributed by atoms with Crippen LogP contribution < -0.4 is 0 Å². The molecule has 2 fully saturated rings. The van der Waals surface area contributed by atoms with Gasteiger partial charge < -0.3 is 4.90 Å². The smallest absolute Gasteiger partial charge is 0.337 e. The normalized spacial score (nSPS) is 26.1. The van der Waals surface area contributed by atoms with E-state index in [4.69, 9.17) is 11.6 Å². The number of halogens is 4. The number of hydrogen-bond donors (Lipinski definition) is 0. The molecule has 1 amide bonds. The van der Waals surface area contributed by atoms with Crippen LogP contribution in [0.3, 0.4) is 0 Å². The Kier molecular flexibility index (Phi) is 5.59. The van der Waals surface area contributed by atoms with E-state index in [1.54, 1.807) is 6.07 Å². The molecule has 1 unspecified atom stereocenters. The van der Waals surface area contributed by atoms with Crippen LogP contribution >= 0.6 is 23.4 Å². The fourth-order valence-electron chi connectivity index (χ4n) is 4.05. The van der Waals surface area contributed by atoms with E-state index in [0.717, 1.165) is 31.7 Å². The predicted molar refractivity (Wildman–Crippen MR) is 95.0 cm³/mol. The largest absolute Gasteiger partial charge is 0.417 e. The van der Waals surface area contributed by atoms with Crippen molar-refractivity contribution in [3.05, 3.63) is 34.3 Å². The Hall–Kier alpha value is -0.880. The molecule has 0 radical (unpaired) electrons. The first-order chi connectivity index (χ1) is 11.8. The number of aryl methyl sites for hydroxylation is 1. The van der Waals surface area contributed by atoms with Gasteiger partial charge in [0.2, 0.25) is 5.91 Å². The summed E-state index contributed by atoms with van der Waals surface area (Å²) in [5, 5.41) is 0.312. The summed E-state index contributed by atoms with van der Waals surface area (Å²) in [6, 6.07) is 4.50. The lowest BCUT2D eigenvalue weighted by Gasteiger charge is -2.38. The molecule has 1 aromatic rings. The third kappa shape index (κ3) is 4.11. The highest BCUT2D eigenvalue weighted by Crippen LogP contribution is 2.40. The zero-order valence-electron chi connectivity index (χ0n) is 14.0. The average Bonchev–Trinajstić information content (AvgIpc) is 2.83. The number of hydrogen-bond acceptors (Lipinski definition) is 2. The fourth-order valence-corrected chi connectivity index (χ4v) is 5.11. The molecular formula is C18H21ClF3NOS. The van der Waals surface area contributed by atoms with E-state index in [1.165, 1.54) is 6.07 Å². The highest BCUT2D eigenvalue weighted by atomic mass is 35.5. The Balaban J connectivity index is 1.64. The number of carbonyl (C=O) groups is 1. The zero-order chi connectivity index (χ0) is 18.2. The predicted octanol–water partition coefficient (Wildman–Crippen LogP) is 5.18. The number of alkyl halides is 3. The van der Waals surface area contributed by atoms with Crippen molar-refractivity contribution in [1.82, 2.24) is 4.90 Å². The Labute approximate surface area is 155 Å². The van der Waals surface area contributed by atoms with Crippen molar-refractivity contribution < 1.29 is 18.0 Å². The summed E-state index contributed by atoms with van der Waals surface area (Å²) in [6.07, 6.45) is 2.34. The first kappa shape index (κ1) is 18.9. The van der Waals surface area contributed by atoms with Crippen LogP contribution in [0.2, 0.25) is 5.02 Å². The van der Waals surface area contributed by atoms with Gasteiger partial charge in [-0.1, -0.05) is 17.7 Å². The quantitative estimate of drug-likeness (QED) is 0.705.